The first-order chi connectivity index (χ1) is 8.99. The number of carbonyl (C=O) groups is 1. The highest BCUT2D eigenvalue weighted by atomic mass is 19.1. The minimum Gasteiger partial charge on any atom is -0.366 e. The summed E-state index contributed by atoms with van der Waals surface area (Å²) >= 11 is 0. The normalized spacial score (nSPS) is 11.1. The SMILES string of the molecule is Cc1cc(C=CC(N)=O)c(C)n1-c1cccc(F)c1. The van der Waals surface area contributed by atoms with Gasteiger partial charge in [-0.05, 0) is 49.8 Å². The maximum Gasteiger partial charge on any atom is 0.241 e. The monoisotopic (exact) mass is 258 g/mol. The largest absolute Gasteiger partial charge is 0.366 e. The Hall–Kier alpha value is -2.36. The van der Waals surface area contributed by atoms with Gasteiger partial charge in [-0.15, -0.1) is 0 Å². The van der Waals surface area contributed by atoms with Gasteiger partial charge in [-0.2, -0.15) is 0 Å². The molecule has 0 spiro atoms. The van der Waals surface area contributed by atoms with Crippen molar-refractivity contribution in [2.75, 3.05) is 0 Å². The summed E-state index contributed by atoms with van der Waals surface area (Å²) < 4.78 is 15.2. The van der Waals surface area contributed by atoms with Crippen molar-refractivity contribution >= 4 is 12.0 Å². The average Bonchev–Trinajstić information content (AvgIpc) is 2.62. The van der Waals surface area contributed by atoms with Crippen LogP contribution in [0.3, 0.4) is 0 Å². The Morgan fingerprint density at radius 3 is 2.68 bits per heavy atom. The van der Waals surface area contributed by atoms with Gasteiger partial charge < -0.3 is 10.3 Å². The molecule has 1 aromatic carbocycles. The molecule has 0 radical (unpaired) electrons. The van der Waals surface area contributed by atoms with Crippen molar-refractivity contribution in [2.24, 2.45) is 5.73 Å². The molecule has 2 N–H and O–H groups in total. The predicted molar refractivity (Wildman–Crippen MR) is 73.4 cm³/mol. The van der Waals surface area contributed by atoms with Crippen LogP contribution in [0.1, 0.15) is 17.0 Å². The lowest BCUT2D eigenvalue weighted by Gasteiger charge is -2.09. The van der Waals surface area contributed by atoms with Crippen LogP contribution in [-0.2, 0) is 4.79 Å². The number of aryl methyl sites for hydroxylation is 1. The van der Waals surface area contributed by atoms with Crippen molar-refractivity contribution in [2.45, 2.75) is 13.8 Å². The molecule has 4 heteroatoms. The van der Waals surface area contributed by atoms with Gasteiger partial charge in [0.25, 0.3) is 0 Å². The number of aromatic nitrogens is 1. The lowest BCUT2D eigenvalue weighted by atomic mass is 10.2. The summed E-state index contributed by atoms with van der Waals surface area (Å²) in [6.45, 7) is 3.85. The highest BCUT2D eigenvalue weighted by molar-refractivity contribution is 5.90. The van der Waals surface area contributed by atoms with Crippen LogP contribution in [0.2, 0.25) is 0 Å². The van der Waals surface area contributed by atoms with E-state index in [-0.39, 0.29) is 5.82 Å². The molecule has 19 heavy (non-hydrogen) atoms. The van der Waals surface area contributed by atoms with Crippen LogP contribution in [0.15, 0.2) is 36.4 Å². The number of nitrogens with two attached hydrogens (primary N) is 1. The van der Waals surface area contributed by atoms with E-state index in [0.29, 0.717) is 0 Å². The minimum absolute atomic E-state index is 0.278. The summed E-state index contributed by atoms with van der Waals surface area (Å²) in [5.41, 5.74) is 8.63. The van der Waals surface area contributed by atoms with E-state index >= 15 is 0 Å². The molecule has 98 valence electrons. The van der Waals surface area contributed by atoms with Gasteiger partial charge in [0.2, 0.25) is 5.91 Å². The topological polar surface area (TPSA) is 48.0 Å². The number of amides is 1. The first-order valence-corrected chi connectivity index (χ1v) is 5.91. The third kappa shape index (κ3) is 2.73. The molecule has 0 atom stereocenters. The Morgan fingerprint density at radius 1 is 1.32 bits per heavy atom. The molecule has 0 aliphatic heterocycles. The van der Waals surface area contributed by atoms with Gasteiger partial charge in [0.05, 0.1) is 0 Å². The molecule has 0 saturated heterocycles. The molecule has 0 unspecified atom stereocenters. The Labute approximate surface area is 111 Å². The number of halogens is 1. The Balaban J connectivity index is 2.51. The number of hydrogen-bond donors (Lipinski definition) is 1. The molecule has 0 aliphatic rings. The molecule has 0 saturated carbocycles. The number of hydrogen-bond acceptors (Lipinski definition) is 1. The fraction of sp³-hybridized carbons (Fsp3) is 0.133. The number of carbonyl (C=O) groups excluding carboxylic acids is 1. The third-order valence-electron chi connectivity index (χ3n) is 2.96. The second-order valence-corrected chi connectivity index (χ2v) is 4.38. The van der Waals surface area contributed by atoms with Crippen LogP contribution < -0.4 is 5.73 Å². The second-order valence-electron chi connectivity index (χ2n) is 4.38. The number of rotatable bonds is 3. The number of primary amides is 1. The first kappa shape index (κ1) is 13.1. The molecule has 2 aromatic rings. The van der Waals surface area contributed by atoms with Gasteiger partial charge in [-0.3, -0.25) is 4.79 Å². The van der Waals surface area contributed by atoms with Crippen molar-refractivity contribution in [3.8, 4) is 5.69 Å². The summed E-state index contributed by atoms with van der Waals surface area (Å²) in [5.74, 6) is -0.769. The predicted octanol–water partition coefficient (Wildman–Crippen LogP) is 2.73. The maximum absolute atomic E-state index is 13.3. The van der Waals surface area contributed by atoms with Gasteiger partial charge in [-0.1, -0.05) is 6.07 Å². The van der Waals surface area contributed by atoms with Crippen LogP contribution >= 0.6 is 0 Å². The van der Waals surface area contributed by atoms with Crippen molar-refractivity contribution in [1.29, 1.82) is 0 Å². The molecular weight excluding hydrogens is 243 g/mol. The van der Waals surface area contributed by atoms with Gasteiger partial charge in [0.1, 0.15) is 5.82 Å². The molecule has 0 aliphatic carbocycles. The quantitative estimate of drug-likeness (QED) is 0.845. The molecular formula is C15H15FN2O. The van der Waals surface area contributed by atoms with Crippen LogP contribution in [0.5, 0.6) is 0 Å². The minimum atomic E-state index is -0.490. The highest BCUT2D eigenvalue weighted by Crippen LogP contribution is 2.22. The molecule has 1 aromatic heterocycles. The van der Waals surface area contributed by atoms with Crippen LogP contribution in [0.25, 0.3) is 11.8 Å². The Morgan fingerprint density at radius 2 is 2.05 bits per heavy atom. The number of benzene rings is 1. The fourth-order valence-electron chi connectivity index (χ4n) is 2.14. The Bertz CT molecular complexity index is 656. The van der Waals surface area contributed by atoms with Crippen molar-refractivity contribution in [3.63, 3.8) is 0 Å². The Kier molecular flexibility index (Phi) is 3.51. The lowest BCUT2D eigenvalue weighted by molar-refractivity contribution is -0.113. The van der Waals surface area contributed by atoms with Gasteiger partial charge in [-0.25, -0.2) is 4.39 Å². The molecule has 1 amide bonds. The van der Waals surface area contributed by atoms with E-state index in [1.807, 2.05) is 30.5 Å². The van der Waals surface area contributed by atoms with E-state index in [9.17, 15) is 9.18 Å². The summed E-state index contributed by atoms with van der Waals surface area (Å²) in [6.07, 6.45) is 2.98. The standard InChI is InChI=1S/C15H15FN2O/c1-10-8-12(6-7-15(17)19)11(2)18(10)14-5-3-4-13(16)9-14/h3-9H,1-2H3,(H2,17,19). The van der Waals surface area contributed by atoms with E-state index in [2.05, 4.69) is 0 Å². The van der Waals surface area contributed by atoms with Crippen LogP contribution in [0, 0.1) is 19.7 Å². The van der Waals surface area contributed by atoms with E-state index in [4.69, 9.17) is 5.73 Å². The molecule has 0 fully saturated rings. The smallest absolute Gasteiger partial charge is 0.241 e. The van der Waals surface area contributed by atoms with Gasteiger partial charge >= 0.3 is 0 Å². The number of nitrogens with zero attached hydrogens (tertiary/aromatic N) is 1. The van der Waals surface area contributed by atoms with Crippen molar-refractivity contribution in [1.82, 2.24) is 4.57 Å². The van der Waals surface area contributed by atoms with Crippen molar-refractivity contribution in [3.05, 3.63) is 59.2 Å². The molecule has 0 bridgehead atoms. The first-order valence-electron chi connectivity index (χ1n) is 5.91. The fourth-order valence-corrected chi connectivity index (χ4v) is 2.14. The van der Waals surface area contributed by atoms with Gasteiger partial charge in [0.15, 0.2) is 0 Å². The summed E-state index contributed by atoms with van der Waals surface area (Å²) in [6, 6.07) is 8.32. The van der Waals surface area contributed by atoms with E-state index < -0.39 is 5.91 Å². The van der Waals surface area contributed by atoms with E-state index in [1.54, 1.807) is 12.1 Å². The van der Waals surface area contributed by atoms with Gasteiger partial charge in [0, 0.05) is 23.2 Å². The molecule has 1 heterocycles. The van der Waals surface area contributed by atoms with Crippen LogP contribution in [-0.4, -0.2) is 10.5 Å². The maximum atomic E-state index is 13.3. The summed E-state index contributed by atoms with van der Waals surface area (Å²) in [4.78, 5) is 10.8. The molecule has 3 nitrogen and oxygen atoms in total. The van der Waals surface area contributed by atoms with E-state index in [1.165, 1.54) is 18.2 Å². The summed E-state index contributed by atoms with van der Waals surface area (Å²) in [5, 5.41) is 0. The lowest BCUT2D eigenvalue weighted by Crippen LogP contribution is -2.05. The summed E-state index contributed by atoms with van der Waals surface area (Å²) in [7, 11) is 0. The zero-order valence-corrected chi connectivity index (χ0v) is 10.9. The molecule has 2 rings (SSSR count). The third-order valence-corrected chi connectivity index (χ3v) is 2.96. The average molecular weight is 258 g/mol. The van der Waals surface area contributed by atoms with Crippen molar-refractivity contribution < 1.29 is 9.18 Å². The van der Waals surface area contributed by atoms with E-state index in [0.717, 1.165) is 22.6 Å². The highest BCUT2D eigenvalue weighted by Gasteiger charge is 2.09. The second kappa shape index (κ2) is 5.10. The zero-order chi connectivity index (χ0) is 14.0. The zero-order valence-electron chi connectivity index (χ0n) is 10.9. The van der Waals surface area contributed by atoms with Crippen LogP contribution in [0.4, 0.5) is 4.39 Å².